The fourth-order valence-corrected chi connectivity index (χ4v) is 5.73. The summed E-state index contributed by atoms with van der Waals surface area (Å²) < 4.78 is 27.1. The molecule has 0 radical (unpaired) electrons. The molecule has 0 spiro atoms. The number of carbonyl (C=O) groups is 1. The molecule has 1 aromatic rings. The van der Waals surface area contributed by atoms with Gasteiger partial charge in [-0.25, -0.2) is 8.42 Å². The Morgan fingerprint density at radius 1 is 1.12 bits per heavy atom. The summed E-state index contributed by atoms with van der Waals surface area (Å²) in [5, 5.41) is 3.25. The van der Waals surface area contributed by atoms with Crippen LogP contribution in [0.25, 0.3) is 0 Å². The van der Waals surface area contributed by atoms with E-state index in [-0.39, 0.29) is 50.9 Å². The summed E-state index contributed by atoms with van der Waals surface area (Å²) in [6.07, 6.45) is 0.914. The fourth-order valence-electron chi connectivity index (χ4n) is 2.77. The predicted molar refractivity (Wildman–Crippen MR) is 105 cm³/mol. The molecular formula is C17H23Cl3N2O3S. The lowest BCUT2D eigenvalue weighted by atomic mass is 9.96. The Balaban J connectivity index is 2.09. The Labute approximate surface area is 170 Å². The van der Waals surface area contributed by atoms with Gasteiger partial charge in [-0.15, -0.1) is 0 Å². The lowest BCUT2D eigenvalue weighted by Crippen LogP contribution is -2.45. The van der Waals surface area contributed by atoms with Gasteiger partial charge >= 0.3 is 0 Å². The summed E-state index contributed by atoms with van der Waals surface area (Å²) in [7, 11) is -3.85. The largest absolute Gasteiger partial charge is 0.353 e. The van der Waals surface area contributed by atoms with Crippen LogP contribution in [0.4, 0.5) is 0 Å². The zero-order chi connectivity index (χ0) is 19.6. The molecule has 1 amide bonds. The van der Waals surface area contributed by atoms with Crippen molar-refractivity contribution in [1.82, 2.24) is 9.62 Å². The van der Waals surface area contributed by atoms with E-state index in [0.717, 1.165) is 0 Å². The number of nitrogens with one attached hydrogen (secondary N) is 1. The third kappa shape index (κ3) is 4.84. The summed E-state index contributed by atoms with van der Waals surface area (Å²) in [5.41, 5.74) is 0. The third-order valence-corrected chi connectivity index (χ3v) is 7.79. The summed E-state index contributed by atoms with van der Waals surface area (Å²) in [6.45, 7) is 6.53. The molecule has 1 atom stereocenters. The van der Waals surface area contributed by atoms with Crippen molar-refractivity contribution >= 4 is 50.7 Å². The van der Waals surface area contributed by atoms with Gasteiger partial charge in [-0.3, -0.25) is 4.79 Å². The lowest BCUT2D eigenvalue weighted by molar-refractivity contribution is -0.127. The first-order valence-corrected chi connectivity index (χ1v) is 11.1. The van der Waals surface area contributed by atoms with E-state index < -0.39 is 10.0 Å². The van der Waals surface area contributed by atoms with Crippen LogP contribution in [0.5, 0.6) is 0 Å². The number of piperidine rings is 1. The molecule has 1 saturated heterocycles. The first kappa shape index (κ1) is 21.8. The maximum absolute atomic E-state index is 12.9. The number of amides is 1. The molecule has 1 fully saturated rings. The number of hydrogen-bond acceptors (Lipinski definition) is 3. The monoisotopic (exact) mass is 440 g/mol. The van der Waals surface area contributed by atoms with Gasteiger partial charge in [-0.05, 0) is 37.8 Å². The van der Waals surface area contributed by atoms with Crippen LogP contribution >= 0.6 is 34.8 Å². The smallest absolute Gasteiger partial charge is 0.246 e. The fraction of sp³-hybridized carbons (Fsp3) is 0.588. The van der Waals surface area contributed by atoms with Crippen molar-refractivity contribution in [1.29, 1.82) is 0 Å². The van der Waals surface area contributed by atoms with Gasteiger partial charge in [0.05, 0.1) is 10.0 Å². The molecule has 0 saturated carbocycles. The van der Waals surface area contributed by atoms with E-state index in [1.54, 1.807) is 0 Å². The zero-order valence-corrected chi connectivity index (χ0v) is 18.0. The topological polar surface area (TPSA) is 66.5 Å². The minimum absolute atomic E-state index is 0.00637. The van der Waals surface area contributed by atoms with Gasteiger partial charge in [-0.1, -0.05) is 48.7 Å². The molecule has 9 heteroatoms. The summed E-state index contributed by atoms with van der Waals surface area (Å²) in [5.74, 6) is 0.123. The molecule has 146 valence electrons. The Morgan fingerprint density at radius 3 is 2.08 bits per heavy atom. The highest BCUT2D eigenvalue weighted by Gasteiger charge is 2.35. The molecule has 26 heavy (non-hydrogen) atoms. The van der Waals surface area contributed by atoms with Crippen molar-refractivity contribution in [3.05, 3.63) is 27.2 Å². The third-order valence-electron chi connectivity index (χ3n) is 4.76. The highest BCUT2D eigenvalue weighted by atomic mass is 35.5. The highest BCUT2D eigenvalue weighted by molar-refractivity contribution is 7.89. The van der Waals surface area contributed by atoms with Crippen molar-refractivity contribution in [2.45, 2.75) is 44.6 Å². The van der Waals surface area contributed by atoms with Crippen molar-refractivity contribution in [2.75, 3.05) is 13.1 Å². The number of hydrogen-bond donors (Lipinski definition) is 1. The summed E-state index contributed by atoms with van der Waals surface area (Å²) >= 11 is 18.0. The SMILES string of the molecule is CC(C)C(C)NC(=O)C1CCN(S(=O)(=O)c2c(Cl)cc(Cl)cc2Cl)CC1. The second-order valence-corrected chi connectivity index (χ2v) is 10.0. The average Bonchev–Trinajstić information content (AvgIpc) is 2.53. The Kier molecular flexibility index (Phi) is 7.24. The molecule has 0 aromatic heterocycles. The molecule has 1 aromatic carbocycles. The number of carbonyl (C=O) groups excluding carboxylic acids is 1. The van der Waals surface area contributed by atoms with Crippen LogP contribution in [0.2, 0.25) is 15.1 Å². The second-order valence-electron chi connectivity index (χ2n) is 6.92. The first-order chi connectivity index (χ1) is 12.0. The van der Waals surface area contributed by atoms with Crippen molar-refractivity contribution < 1.29 is 13.2 Å². The zero-order valence-electron chi connectivity index (χ0n) is 14.9. The van der Waals surface area contributed by atoms with Crippen LogP contribution in [-0.2, 0) is 14.8 Å². The molecule has 0 aliphatic carbocycles. The normalized spacial score (nSPS) is 18.1. The molecular weight excluding hydrogens is 419 g/mol. The van der Waals surface area contributed by atoms with Gasteiger partial charge in [0.1, 0.15) is 4.90 Å². The van der Waals surface area contributed by atoms with Gasteiger partial charge in [0.25, 0.3) is 0 Å². The number of rotatable bonds is 5. The Bertz CT molecular complexity index is 752. The van der Waals surface area contributed by atoms with E-state index in [1.807, 2.05) is 20.8 Å². The number of halogens is 3. The van der Waals surface area contributed by atoms with Crippen LogP contribution < -0.4 is 5.32 Å². The van der Waals surface area contributed by atoms with Gasteiger partial charge in [0.15, 0.2) is 0 Å². The van der Waals surface area contributed by atoms with Gasteiger partial charge < -0.3 is 5.32 Å². The quantitative estimate of drug-likeness (QED) is 0.744. The van der Waals surface area contributed by atoms with Gasteiger partial charge in [0.2, 0.25) is 15.9 Å². The van der Waals surface area contributed by atoms with Gasteiger partial charge in [0, 0.05) is 30.1 Å². The van der Waals surface area contributed by atoms with E-state index in [2.05, 4.69) is 5.32 Å². The predicted octanol–water partition coefficient (Wildman–Crippen LogP) is 4.21. The minimum atomic E-state index is -3.85. The molecule has 5 nitrogen and oxygen atoms in total. The summed E-state index contributed by atoms with van der Waals surface area (Å²) in [4.78, 5) is 12.2. The molecule has 1 aliphatic rings. The first-order valence-electron chi connectivity index (χ1n) is 8.49. The summed E-state index contributed by atoms with van der Waals surface area (Å²) in [6, 6.07) is 2.79. The van der Waals surface area contributed by atoms with Crippen LogP contribution in [0.15, 0.2) is 17.0 Å². The van der Waals surface area contributed by atoms with E-state index in [4.69, 9.17) is 34.8 Å². The standard InChI is InChI=1S/C17H23Cl3N2O3S/c1-10(2)11(3)21-17(23)12-4-6-22(7-5-12)26(24,25)16-14(19)8-13(18)9-15(16)20/h8-12H,4-7H2,1-3H3,(H,21,23). The molecule has 1 aliphatic heterocycles. The Morgan fingerprint density at radius 2 is 1.62 bits per heavy atom. The number of nitrogens with zero attached hydrogens (tertiary/aromatic N) is 1. The minimum Gasteiger partial charge on any atom is -0.353 e. The molecule has 0 bridgehead atoms. The van der Waals surface area contributed by atoms with Crippen molar-refractivity contribution in [3.63, 3.8) is 0 Å². The van der Waals surface area contributed by atoms with Crippen molar-refractivity contribution in [2.24, 2.45) is 11.8 Å². The Hall–Kier alpha value is -0.530. The van der Waals surface area contributed by atoms with E-state index in [1.165, 1.54) is 16.4 Å². The van der Waals surface area contributed by atoms with Gasteiger partial charge in [-0.2, -0.15) is 4.31 Å². The number of sulfonamides is 1. The van der Waals surface area contributed by atoms with E-state index in [0.29, 0.717) is 18.8 Å². The van der Waals surface area contributed by atoms with Crippen LogP contribution in [0, 0.1) is 11.8 Å². The molecule has 1 heterocycles. The highest BCUT2D eigenvalue weighted by Crippen LogP contribution is 2.35. The van der Waals surface area contributed by atoms with E-state index >= 15 is 0 Å². The lowest BCUT2D eigenvalue weighted by Gasteiger charge is -2.32. The van der Waals surface area contributed by atoms with Crippen LogP contribution in [0.3, 0.4) is 0 Å². The molecule has 1 unspecified atom stereocenters. The van der Waals surface area contributed by atoms with E-state index in [9.17, 15) is 13.2 Å². The number of benzene rings is 1. The van der Waals surface area contributed by atoms with Crippen LogP contribution in [-0.4, -0.2) is 37.8 Å². The second kappa shape index (κ2) is 8.65. The maximum atomic E-state index is 12.9. The molecule has 2 rings (SSSR count). The molecule has 1 N–H and O–H groups in total. The van der Waals surface area contributed by atoms with Crippen molar-refractivity contribution in [3.8, 4) is 0 Å². The van der Waals surface area contributed by atoms with Crippen LogP contribution in [0.1, 0.15) is 33.6 Å². The average molecular weight is 442 g/mol. The maximum Gasteiger partial charge on any atom is 0.246 e.